The van der Waals surface area contributed by atoms with E-state index in [2.05, 4.69) is 33.6 Å². The number of imidazole rings is 1. The highest BCUT2D eigenvalue weighted by Gasteiger charge is 2.15. The second kappa shape index (κ2) is 5.34. The van der Waals surface area contributed by atoms with Crippen molar-refractivity contribution >= 4 is 5.95 Å². The highest BCUT2D eigenvalue weighted by molar-refractivity contribution is 5.27. The topological polar surface area (TPSA) is 33.1 Å². The number of likely N-dealkylation sites (tertiary alicyclic amines) is 1. The summed E-state index contributed by atoms with van der Waals surface area (Å²) in [6, 6.07) is 0.464. The van der Waals surface area contributed by atoms with Crippen LogP contribution in [0.4, 0.5) is 5.95 Å². The van der Waals surface area contributed by atoms with Crippen molar-refractivity contribution in [2.75, 3.05) is 25.0 Å². The van der Waals surface area contributed by atoms with Crippen LogP contribution in [0.15, 0.2) is 12.4 Å². The zero-order chi connectivity index (χ0) is 11.4. The fraction of sp³-hybridized carbons (Fsp3) is 0.750. The summed E-state index contributed by atoms with van der Waals surface area (Å²) in [5.74, 6) is 0.995. The molecule has 2 heterocycles. The minimum atomic E-state index is 0.464. The van der Waals surface area contributed by atoms with E-state index >= 15 is 0 Å². The number of nitrogens with one attached hydrogen (secondary N) is 1. The first kappa shape index (κ1) is 11.5. The van der Waals surface area contributed by atoms with Crippen molar-refractivity contribution < 1.29 is 0 Å². The fourth-order valence-corrected chi connectivity index (χ4v) is 2.32. The van der Waals surface area contributed by atoms with E-state index in [1.807, 2.05) is 12.4 Å². The number of aromatic nitrogens is 2. The third-order valence-electron chi connectivity index (χ3n) is 3.16. The van der Waals surface area contributed by atoms with Crippen LogP contribution in [0.2, 0.25) is 0 Å². The number of anilines is 1. The summed E-state index contributed by atoms with van der Waals surface area (Å²) in [5, 5.41) is 3.48. The summed E-state index contributed by atoms with van der Waals surface area (Å²) in [4.78, 5) is 6.86. The second-order valence-electron chi connectivity index (χ2n) is 4.59. The molecule has 0 spiro atoms. The molecule has 0 radical (unpaired) electrons. The van der Waals surface area contributed by atoms with E-state index < -0.39 is 0 Å². The predicted molar refractivity (Wildman–Crippen MR) is 66.7 cm³/mol. The monoisotopic (exact) mass is 222 g/mol. The van der Waals surface area contributed by atoms with Crippen LogP contribution < -0.4 is 5.32 Å². The molecule has 0 aromatic carbocycles. The first-order chi connectivity index (χ1) is 7.79. The van der Waals surface area contributed by atoms with Crippen LogP contribution in [-0.2, 0) is 6.54 Å². The summed E-state index contributed by atoms with van der Waals surface area (Å²) >= 11 is 0. The van der Waals surface area contributed by atoms with Gasteiger partial charge in [0.2, 0.25) is 5.95 Å². The Balaban J connectivity index is 1.84. The molecule has 1 aromatic rings. The van der Waals surface area contributed by atoms with Crippen LogP contribution in [0.5, 0.6) is 0 Å². The second-order valence-corrected chi connectivity index (χ2v) is 4.59. The third kappa shape index (κ3) is 2.76. The van der Waals surface area contributed by atoms with Crippen LogP contribution >= 0.6 is 0 Å². The molecule has 0 aliphatic carbocycles. The SMILES string of the molecule is CCn1ccnc1NC(C)CN1CCCC1. The molecular weight excluding hydrogens is 200 g/mol. The summed E-state index contributed by atoms with van der Waals surface area (Å²) in [7, 11) is 0. The van der Waals surface area contributed by atoms with E-state index in [0.29, 0.717) is 6.04 Å². The van der Waals surface area contributed by atoms with Crippen LogP contribution in [0, 0.1) is 0 Å². The lowest BCUT2D eigenvalue weighted by molar-refractivity contribution is 0.327. The van der Waals surface area contributed by atoms with E-state index in [1.165, 1.54) is 25.9 Å². The highest BCUT2D eigenvalue weighted by Crippen LogP contribution is 2.10. The van der Waals surface area contributed by atoms with Gasteiger partial charge in [-0.15, -0.1) is 0 Å². The molecule has 90 valence electrons. The van der Waals surface area contributed by atoms with E-state index in [9.17, 15) is 0 Å². The Morgan fingerprint density at radius 2 is 2.19 bits per heavy atom. The van der Waals surface area contributed by atoms with Crippen molar-refractivity contribution in [1.82, 2.24) is 14.5 Å². The molecule has 1 saturated heterocycles. The molecule has 1 aliphatic heterocycles. The minimum Gasteiger partial charge on any atom is -0.352 e. The normalized spacial score (nSPS) is 18.9. The Hall–Kier alpha value is -1.03. The maximum atomic E-state index is 4.33. The molecule has 1 N–H and O–H groups in total. The van der Waals surface area contributed by atoms with Crippen molar-refractivity contribution in [3.05, 3.63) is 12.4 Å². The van der Waals surface area contributed by atoms with E-state index in [4.69, 9.17) is 0 Å². The largest absolute Gasteiger partial charge is 0.352 e. The predicted octanol–water partition coefficient (Wildman–Crippen LogP) is 1.80. The number of aryl methyl sites for hydroxylation is 1. The summed E-state index contributed by atoms with van der Waals surface area (Å²) in [6.07, 6.45) is 6.59. The van der Waals surface area contributed by atoms with E-state index in [0.717, 1.165) is 19.0 Å². The first-order valence-electron chi connectivity index (χ1n) is 6.29. The Bertz CT molecular complexity index is 315. The molecular formula is C12H22N4. The van der Waals surface area contributed by atoms with E-state index in [-0.39, 0.29) is 0 Å². The van der Waals surface area contributed by atoms with E-state index in [1.54, 1.807) is 0 Å². The average molecular weight is 222 g/mol. The van der Waals surface area contributed by atoms with Gasteiger partial charge in [0.25, 0.3) is 0 Å². The van der Waals surface area contributed by atoms with Crippen LogP contribution in [0.1, 0.15) is 26.7 Å². The molecule has 1 fully saturated rings. The number of hydrogen-bond acceptors (Lipinski definition) is 3. The van der Waals surface area contributed by atoms with Crippen LogP contribution in [0.25, 0.3) is 0 Å². The molecule has 2 rings (SSSR count). The number of hydrogen-bond donors (Lipinski definition) is 1. The molecule has 4 heteroatoms. The van der Waals surface area contributed by atoms with Gasteiger partial charge in [-0.3, -0.25) is 0 Å². The van der Waals surface area contributed by atoms with Gasteiger partial charge in [-0.05, 0) is 39.8 Å². The quantitative estimate of drug-likeness (QED) is 0.824. The lowest BCUT2D eigenvalue weighted by Crippen LogP contribution is -2.33. The van der Waals surface area contributed by atoms with Gasteiger partial charge in [0.05, 0.1) is 0 Å². The summed E-state index contributed by atoms with van der Waals surface area (Å²) < 4.78 is 2.14. The summed E-state index contributed by atoms with van der Waals surface area (Å²) in [5.41, 5.74) is 0. The molecule has 0 saturated carbocycles. The first-order valence-corrected chi connectivity index (χ1v) is 6.29. The lowest BCUT2D eigenvalue weighted by Gasteiger charge is -2.21. The van der Waals surface area contributed by atoms with Crippen molar-refractivity contribution in [2.45, 2.75) is 39.3 Å². The molecule has 1 unspecified atom stereocenters. The van der Waals surface area contributed by atoms with Gasteiger partial charge in [0.1, 0.15) is 0 Å². The molecule has 0 amide bonds. The average Bonchev–Trinajstić information content (AvgIpc) is 2.88. The molecule has 16 heavy (non-hydrogen) atoms. The Morgan fingerprint density at radius 3 is 2.88 bits per heavy atom. The van der Waals surface area contributed by atoms with Crippen molar-refractivity contribution in [3.63, 3.8) is 0 Å². The van der Waals surface area contributed by atoms with Crippen LogP contribution in [0.3, 0.4) is 0 Å². The van der Waals surface area contributed by atoms with Crippen molar-refractivity contribution in [3.8, 4) is 0 Å². The molecule has 1 aromatic heterocycles. The third-order valence-corrected chi connectivity index (χ3v) is 3.16. The zero-order valence-corrected chi connectivity index (χ0v) is 10.3. The molecule has 0 bridgehead atoms. The fourth-order valence-electron chi connectivity index (χ4n) is 2.32. The van der Waals surface area contributed by atoms with Gasteiger partial charge >= 0.3 is 0 Å². The van der Waals surface area contributed by atoms with Gasteiger partial charge in [-0.25, -0.2) is 4.98 Å². The van der Waals surface area contributed by atoms with Crippen molar-refractivity contribution in [1.29, 1.82) is 0 Å². The standard InChI is InChI=1S/C12H22N4/c1-3-16-9-6-13-12(16)14-11(2)10-15-7-4-5-8-15/h6,9,11H,3-5,7-8,10H2,1-2H3,(H,13,14). The van der Waals surface area contributed by atoms with Gasteiger partial charge in [-0.1, -0.05) is 0 Å². The zero-order valence-electron chi connectivity index (χ0n) is 10.3. The highest BCUT2D eigenvalue weighted by atomic mass is 15.2. The van der Waals surface area contributed by atoms with Crippen LogP contribution in [-0.4, -0.2) is 40.1 Å². The maximum Gasteiger partial charge on any atom is 0.203 e. The Morgan fingerprint density at radius 1 is 1.44 bits per heavy atom. The Labute approximate surface area is 97.7 Å². The van der Waals surface area contributed by atoms with Gasteiger partial charge < -0.3 is 14.8 Å². The Kier molecular flexibility index (Phi) is 3.83. The molecule has 1 atom stereocenters. The molecule has 1 aliphatic rings. The van der Waals surface area contributed by atoms with Crippen molar-refractivity contribution in [2.24, 2.45) is 0 Å². The van der Waals surface area contributed by atoms with Gasteiger partial charge in [0.15, 0.2) is 0 Å². The number of rotatable bonds is 5. The number of nitrogens with zero attached hydrogens (tertiary/aromatic N) is 3. The smallest absolute Gasteiger partial charge is 0.203 e. The van der Waals surface area contributed by atoms with Gasteiger partial charge in [-0.2, -0.15) is 0 Å². The summed E-state index contributed by atoms with van der Waals surface area (Å²) in [6.45, 7) is 8.98. The van der Waals surface area contributed by atoms with Gasteiger partial charge in [0, 0.05) is 31.5 Å². The molecule has 4 nitrogen and oxygen atoms in total. The minimum absolute atomic E-state index is 0.464. The lowest BCUT2D eigenvalue weighted by atomic mass is 10.3. The maximum absolute atomic E-state index is 4.33.